The number of pyridine rings is 4. The quantitative estimate of drug-likeness (QED) is 0.214. The van der Waals surface area contributed by atoms with Crippen molar-refractivity contribution in [2.24, 2.45) is 0 Å². The summed E-state index contributed by atoms with van der Waals surface area (Å²) in [6, 6.07) is 44.3. The number of para-hydroxylation sites is 1. The topological polar surface area (TPSA) is 56.0 Å². The van der Waals surface area contributed by atoms with Crippen LogP contribution >= 0.6 is 0 Å². The Balaban J connectivity index is 1.25. The second-order valence-electron chi connectivity index (χ2n) is 10.5. The van der Waals surface area contributed by atoms with Gasteiger partial charge in [-0.25, -0.2) is 9.50 Å². The van der Waals surface area contributed by atoms with Crippen molar-refractivity contribution in [1.29, 1.82) is 0 Å². The van der Waals surface area contributed by atoms with E-state index in [4.69, 9.17) is 10.1 Å². The molecule has 0 atom stereocenters. The first-order chi connectivity index (χ1) is 21.3. The fourth-order valence-corrected chi connectivity index (χ4v) is 5.58. The molecule has 43 heavy (non-hydrogen) atoms. The molecule has 0 saturated carbocycles. The molecule has 5 nitrogen and oxygen atoms in total. The number of fused-ring (bicyclic) bond motifs is 3. The molecule has 5 aromatic heterocycles. The summed E-state index contributed by atoms with van der Waals surface area (Å²) in [6.07, 6.45) is 7.28. The number of aromatic nitrogens is 5. The standard InChI is InChI=1S/C38H25N5/c1-2-4-38-32(3-1)13-14-34-25-37(42-43(34)38)36-24-33(28-7-5-26(6-8-28)29-15-19-39-20-16-29)23-35(41-36)31-11-9-27(10-12-31)30-17-21-40-22-18-30/h1-25H. The van der Waals surface area contributed by atoms with E-state index in [-0.39, 0.29) is 0 Å². The molecule has 5 heteroatoms. The van der Waals surface area contributed by atoms with E-state index in [2.05, 4.69) is 107 Å². The smallest absolute Gasteiger partial charge is 0.112 e. The van der Waals surface area contributed by atoms with Crippen molar-refractivity contribution in [3.8, 4) is 56.0 Å². The zero-order chi connectivity index (χ0) is 28.6. The van der Waals surface area contributed by atoms with Crippen molar-refractivity contribution in [2.75, 3.05) is 0 Å². The van der Waals surface area contributed by atoms with Crippen molar-refractivity contribution in [3.05, 3.63) is 152 Å². The van der Waals surface area contributed by atoms with Crippen LogP contribution in [0.4, 0.5) is 0 Å². The third-order valence-electron chi connectivity index (χ3n) is 7.85. The van der Waals surface area contributed by atoms with Gasteiger partial charge >= 0.3 is 0 Å². The van der Waals surface area contributed by atoms with Crippen molar-refractivity contribution in [3.63, 3.8) is 0 Å². The highest BCUT2D eigenvalue weighted by Crippen LogP contribution is 2.33. The third kappa shape index (κ3) is 4.73. The molecule has 0 spiro atoms. The Morgan fingerprint density at radius 3 is 1.58 bits per heavy atom. The van der Waals surface area contributed by atoms with Gasteiger partial charge in [-0.1, -0.05) is 72.8 Å². The Hall–Kier alpha value is -5.94. The molecular weight excluding hydrogens is 526 g/mol. The fourth-order valence-electron chi connectivity index (χ4n) is 5.58. The molecule has 3 aromatic carbocycles. The molecule has 0 aliphatic carbocycles. The molecule has 202 valence electrons. The molecule has 0 bridgehead atoms. The molecule has 0 radical (unpaired) electrons. The van der Waals surface area contributed by atoms with Crippen LogP contribution in [0, 0.1) is 0 Å². The molecule has 0 aliphatic heterocycles. The van der Waals surface area contributed by atoms with Crippen molar-refractivity contribution in [2.45, 2.75) is 0 Å². The summed E-state index contributed by atoms with van der Waals surface area (Å²) < 4.78 is 2.01. The number of nitrogens with zero attached hydrogens (tertiary/aromatic N) is 5. The largest absolute Gasteiger partial charge is 0.265 e. The summed E-state index contributed by atoms with van der Waals surface area (Å²) in [6.45, 7) is 0. The molecule has 5 heterocycles. The third-order valence-corrected chi connectivity index (χ3v) is 7.85. The molecule has 0 aliphatic rings. The summed E-state index contributed by atoms with van der Waals surface area (Å²) >= 11 is 0. The molecular formula is C38H25N5. The van der Waals surface area contributed by atoms with Gasteiger partial charge in [-0.2, -0.15) is 5.10 Å². The van der Waals surface area contributed by atoms with Crippen LogP contribution in [-0.2, 0) is 0 Å². The number of hydrogen-bond acceptors (Lipinski definition) is 4. The Bertz CT molecular complexity index is 2100. The number of rotatable bonds is 5. The Labute approximate surface area is 248 Å². The lowest BCUT2D eigenvalue weighted by atomic mass is 9.98. The lowest BCUT2D eigenvalue weighted by Crippen LogP contribution is -1.93. The van der Waals surface area contributed by atoms with Crippen LogP contribution in [0.1, 0.15) is 0 Å². The highest BCUT2D eigenvalue weighted by Gasteiger charge is 2.13. The van der Waals surface area contributed by atoms with E-state index in [0.717, 1.165) is 72.4 Å². The highest BCUT2D eigenvalue weighted by atomic mass is 15.2. The first-order valence-corrected chi connectivity index (χ1v) is 14.2. The second-order valence-corrected chi connectivity index (χ2v) is 10.5. The predicted octanol–water partition coefficient (Wildman–Crippen LogP) is 9.01. The molecule has 0 unspecified atom stereocenters. The molecule has 8 rings (SSSR count). The molecule has 0 saturated heterocycles. The fraction of sp³-hybridized carbons (Fsp3) is 0. The van der Waals surface area contributed by atoms with Gasteiger partial charge in [0.2, 0.25) is 0 Å². The summed E-state index contributed by atoms with van der Waals surface area (Å²) in [5.41, 5.74) is 12.5. The van der Waals surface area contributed by atoms with Gasteiger partial charge in [0.1, 0.15) is 5.69 Å². The Kier molecular flexibility index (Phi) is 6.05. The number of hydrogen-bond donors (Lipinski definition) is 0. The summed E-state index contributed by atoms with van der Waals surface area (Å²) in [7, 11) is 0. The van der Waals surface area contributed by atoms with Crippen LogP contribution in [0.15, 0.2) is 152 Å². The van der Waals surface area contributed by atoms with E-state index in [9.17, 15) is 0 Å². The minimum atomic E-state index is 0.830. The first kappa shape index (κ1) is 24.8. The molecule has 8 aromatic rings. The summed E-state index contributed by atoms with van der Waals surface area (Å²) in [4.78, 5) is 13.4. The molecule has 0 N–H and O–H groups in total. The van der Waals surface area contributed by atoms with Gasteiger partial charge in [0, 0.05) is 35.7 Å². The van der Waals surface area contributed by atoms with Crippen LogP contribution in [0.5, 0.6) is 0 Å². The van der Waals surface area contributed by atoms with Crippen LogP contribution in [-0.4, -0.2) is 24.6 Å². The van der Waals surface area contributed by atoms with E-state index in [1.54, 1.807) is 0 Å². The van der Waals surface area contributed by atoms with Crippen molar-refractivity contribution in [1.82, 2.24) is 24.6 Å². The lowest BCUT2D eigenvalue weighted by molar-refractivity contribution is 1.00. The van der Waals surface area contributed by atoms with Crippen molar-refractivity contribution < 1.29 is 0 Å². The predicted molar refractivity (Wildman–Crippen MR) is 173 cm³/mol. The van der Waals surface area contributed by atoms with Crippen molar-refractivity contribution >= 4 is 16.4 Å². The van der Waals surface area contributed by atoms with Gasteiger partial charge in [-0.15, -0.1) is 0 Å². The van der Waals surface area contributed by atoms with Crippen LogP contribution in [0.25, 0.3) is 72.4 Å². The van der Waals surface area contributed by atoms with E-state index < -0.39 is 0 Å². The Morgan fingerprint density at radius 2 is 0.930 bits per heavy atom. The maximum Gasteiger partial charge on any atom is 0.112 e. The normalized spacial score (nSPS) is 11.3. The van der Waals surface area contributed by atoms with Crippen LogP contribution < -0.4 is 0 Å². The van der Waals surface area contributed by atoms with E-state index >= 15 is 0 Å². The van der Waals surface area contributed by atoms with Gasteiger partial charge in [0.25, 0.3) is 0 Å². The van der Waals surface area contributed by atoms with Gasteiger partial charge < -0.3 is 0 Å². The van der Waals surface area contributed by atoms with Crippen LogP contribution in [0.3, 0.4) is 0 Å². The lowest BCUT2D eigenvalue weighted by Gasteiger charge is -2.10. The maximum atomic E-state index is 5.15. The highest BCUT2D eigenvalue weighted by molar-refractivity contribution is 5.84. The van der Waals surface area contributed by atoms with Gasteiger partial charge in [-0.05, 0) is 88.0 Å². The van der Waals surface area contributed by atoms with Gasteiger partial charge in [-0.3, -0.25) is 9.97 Å². The zero-order valence-corrected chi connectivity index (χ0v) is 23.2. The van der Waals surface area contributed by atoms with E-state index in [1.165, 1.54) is 0 Å². The summed E-state index contributed by atoms with van der Waals surface area (Å²) in [5.74, 6) is 0. The first-order valence-electron chi connectivity index (χ1n) is 14.2. The Morgan fingerprint density at radius 1 is 0.395 bits per heavy atom. The van der Waals surface area contributed by atoms with Crippen LogP contribution in [0.2, 0.25) is 0 Å². The molecule has 0 amide bonds. The van der Waals surface area contributed by atoms with E-state index in [1.807, 2.05) is 59.6 Å². The number of benzene rings is 3. The zero-order valence-electron chi connectivity index (χ0n) is 23.2. The van der Waals surface area contributed by atoms with Gasteiger partial charge in [0.05, 0.1) is 22.4 Å². The SMILES string of the molecule is c1ccc2c(c1)ccc1cc(-c3cc(-c4ccc(-c5ccncc5)cc4)cc(-c4ccc(-c5ccncc5)cc4)n3)nn12. The van der Waals surface area contributed by atoms with E-state index in [0.29, 0.717) is 0 Å². The average molecular weight is 552 g/mol. The minimum Gasteiger partial charge on any atom is -0.265 e. The average Bonchev–Trinajstić information content (AvgIpc) is 3.54. The molecule has 0 fully saturated rings. The maximum absolute atomic E-state index is 5.15. The van der Waals surface area contributed by atoms with Gasteiger partial charge in [0.15, 0.2) is 0 Å². The minimum absolute atomic E-state index is 0.830. The second kappa shape index (κ2) is 10.5. The monoisotopic (exact) mass is 551 g/mol. The summed E-state index contributed by atoms with van der Waals surface area (Å²) in [5, 5.41) is 6.18.